The molecule has 1 aromatic carbocycles. The Balaban J connectivity index is 0.000000273. The van der Waals surface area contributed by atoms with E-state index in [1.54, 1.807) is 32.2 Å². The van der Waals surface area contributed by atoms with E-state index >= 15 is 0 Å². The van der Waals surface area contributed by atoms with E-state index in [1.165, 1.54) is 19.1 Å². The Kier molecular flexibility index (Phi) is 9.60. The van der Waals surface area contributed by atoms with Crippen LogP contribution in [0.1, 0.15) is 36.6 Å². The highest BCUT2D eigenvalue weighted by Gasteiger charge is 2.51. The van der Waals surface area contributed by atoms with Crippen molar-refractivity contribution in [3.63, 3.8) is 0 Å². The van der Waals surface area contributed by atoms with Crippen molar-refractivity contribution in [2.45, 2.75) is 45.4 Å². The molecule has 1 saturated heterocycles. The van der Waals surface area contributed by atoms with E-state index in [2.05, 4.69) is 10.3 Å². The molecule has 6 nitrogen and oxygen atoms in total. The average molecular weight is 472 g/mol. The summed E-state index contributed by atoms with van der Waals surface area (Å²) in [6.45, 7) is 5.18. The lowest BCUT2D eigenvalue weighted by molar-refractivity contribution is -0.215. The van der Waals surface area contributed by atoms with Gasteiger partial charge in [0.2, 0.25) is 6.41 Å². The maximum atomic E-state index is 13.6. The first kappa shape index (κ1) is 26.5. The number of aliphatic hydroxyl groups excluding tert-OH is 1. The number of halogens is 4. The number of hydrogen-bond acceptors (Lipinski definition) is 5. The topological polar surface area (TPSA) is 80.7 Å². The summed E-state index contributed by atoms with van der Waals surface area (Å²) >= 11 is 0. The molecule has 1 aromatic heterocycles. The van der Waals surface area contributed by atoms with Crippen LogP contribution in [0.25, 0.3) is 0 Å². The highest BCUT2D eigenvalue weighted by molar-refractivity contribution is 5.70. The Bertz CT molecular complexity index is 907. The lowest BCUT2D eigenvalue weighted by Crippen LogP contribution is -2.33. The van der Waals surface area contributed by atoms with Crippen molar-refractivity contribution in [2.75, 3.05) is 25.1 Å². The van der Waals surface area contributed by atoms with Crippen molar-refractivity contribution in [3.05, 3.63) is 53.1 Å². The summed E-state index contributed by atoms with van der Waals surface area (Å²) in [7, 11) is 0. The molecular weight excluding hydrogens is 444 g/mol. The number of carbonyl (C=O) groups excluding carboxylic acids is 1. The van der Waals surface area contributed by atoms with E-state index in [-0.39, 0.29) is 13.2 Å². The average Bonchev–Trinajstić information content (AvgIpc) is 3.16. The van der Waals surface area contributed by atoms with Gasteiger partial charge in [0, 0.05) is 41.7 Å². The van der Waals surface area contributed by atoms with Crippen LogP contribution in [-0.2, 0) is 16.0 Å². The summed E-state index contributed by atoms with van der Waals surface area (Å²) in [6, 6.07) is 6.27. The van der Waals surface area contributed by atoms with E-state index < -0.39 is 29.9 Å². The van der Waals surface area contributed by atoms with E-state index in [0.717, 1.165) is 5.69 Å². The van der Waals surface area contributed by atoms with Gasteiger partial charge < -0.3 is 19.9 Å². The molecule has 1 aliphatic rings. The van der Waals surface area contributed by atoms with Crippen LogP contribution in [0, 0.1) is 18.7 Å². The maximum Gasteiger partial charge on any atom is 0.414 e. The fourth-order valence-electron chi connectivity index (χ4n) is 3.64. The molecule has 3 unspecified atom stereocenters. The molecule has 0 bridgehead atoms. The quantitative estimate of drug-likeness (QED) is 0.461. The number of aromatic nitrogens is 1. The summed E-state index contributed by atoms with van der Waals surface area (Å²) < 4.78 is 62.6. The van der Waals surface area contributed by atoms with Crippen molar-refractivity contribution < 1.29 is 36.9 Å². The Morgan fingerprint density at radius 3 is 2.55 bits per heavy atom. The maximum absolute atomic E-state index is 13.6. The van der Waals surface area contributed by atoms with Gasteiger partial charge >= 0.3 is 6.18 Å². The third-order valence-electron chi connectivity index (χ3n) is 5.37. The number of hydrogen-bond donors (Lipinski definition) is 2. The number of ether oxygens (including phenoxy) is 2. The summed E-state index contributed by atoms with van der Waals surface area (Å²) in [5.41, 5.74) is 2.37. The number of aliphatic hydroxyl groups is 1. The highest BCUT2D eigenvalue weighted by Crippen LogP contribution is 2.45. The minimum Gasteiger partial charge on any atom is -0.493 e. The van der Waals surface area contributed by atoms with Gasteiger partial charge in [0.15, 0.2) is 6.10 Å². The molecule has 1 aliphatic heterocycles. The van der Waals surface area contributed by atoms with Gasteiger partial charge in [-0.25, -0.2) is 4.39 Å². The summed E-state index contributed by atoms with van der Waals surface area (Å²) in [5, 5.41) is 11.1. The van der Waals surface area contributed by atoms with Gasteiger partial charge in [-0.3, -0.25) is 9.78 Å². The molecule has 0 spiro atoms. The minimum absolute atomic E-state index is 0.0451. The van der Waals surface area contributed by atoms with Crippen molar-refractivity contribution in [1.82, 2.24) is 4.98 Å². The first-order valence-electron chi connectivity index (χ1n) is 10.5. The lowest BCUT2D eigenvalue weighted by atomic mass is 9.85. The predicted molar refractivity (Wildman–Crippen MR) is 115 cm³/mol. The van der Waals surface area contributed by atoms with Gasteiger partial charge in [-0.2, -0.15) is 13.2 Å². The second-order valence-corrected chi connectivity index (χ2v) is 7.56. The molecule has 0 radical (unpaired) electrons. The number of amides is 1. The van der Waals surface area contributed by atoms with Crippen molar-refractivity contribution in [3.8, 4) is 5.75 Å². The van der Waals surface area contributed by atoms with Crippen LogP contribution in [0.15, 0.2) is 30.5 Å². The molecular formula is C23H28F4N2O4. The molecule has 2 aromatic rings. The number of carbonyl (C=O) groups is 1. The molecule has 3 rings (SSSR count). The van der Waals surface area contributed by atoms with Gasteiger partial charge in [0.25, 0.3) is 0 Å². The van der Waals surface area contributed by atoms with Crippen LogP contribution < -0.4 is 10.1 Å². The third kappa shape index (κ3) is 6.88. The van der Waals surface area contributed by atoms with E-state index in [9.17, 15) is 22.4 Å². The zero-order valence-corrected chi connectivity index (χ0v) is 18.7. The number of nitrogens with one attached hydrogen (secondary N) is 1. The third-order valence-corrected chi connectivity index (χ3v) is 5.37. The Hall–Kier alpha value is -2.72. The zero-order chi connectivity index (χ0) is 24.6. The van der Waals surface area contributed by atoms with Crippen LogP contribution >= 0.6 is 0 Å². The summed E-state index contributed by atoms with van der Waals surface area (Å²) in [5.74, 6) is -1.30. The summed E-state index contributed by atoms with van der Waals surface area (Å²) in [6.07, 6.45) is -3.49. The van der Waals surface area contributed by atoms with Gasteiger partial charge in [-0.1, -0.05) is 13.0 Å². The molecule has 182 valence electrons. The molecule has 1 amide bonds. The van der Waals surface area contributed by atoms with Crippen molar-refractivity contribution in [1.29, 1.82) is 0 Å². The zero-order valence-electron chi connectivity index (χ0n) is 18.7. The molecule has 10 heteroatoms. The second kappa shape index (κ2) is 11.9. The molecule has 33 heavy (non-hydrogen) atoms. The fraction of sp³-hybridized carbons (Fsp3) is 0.478. The van der Waals surface area contributed by atoms with Crippen LogP contribution in [-0.4, -0.2) is 48.6 Å². The second-order valence-electron chi connectivity index (χ2n) is 7.56. The smallest absolute Gasteiger partial charge is 0.414 e. The van der Waals surface area contributed by atoms with Crippen LogP contribution in [0.4, 0.5) is 23.2 Å². The number of anilines is 1. The Labute approximate surface area is 189 Å². The van der Waals surface area contributed by atoms with E-state index in [1.807, 2.05) is 0 Å². The number of pyridine rings is 1. The number of nitrogens with zero attached hydrogens (tertiary/aromatic N) is 1. The van der Waals surface area contributed by atoms with Gasteiger partial charge in [0.1, 0.15) is 11.6 Å². The van der Waals surface area contributed by atoms with Crippen LogP contribution in [0.3, 0.4) is 0 Å². The monoisotopic (exact) mass is 472 g/mol. The number of alkyl halides is 3. The normalized spacial score (nSPS) is 20.1. The Morgan fingerprint density at radius 2 is 2.03 bits per heavy atom. The van der Waals surface area contributed by atoms with Crippen LogP contribution in [0.2, 0.25) is 0 Å². The largest absolute Gasteiger partial charge is 0.493 e. The van der Waals surface area contributed by atoms with Crippen molar-refractivity contribution in [2.24, 2.45) is 5.92 Å². The fourth-order valence-corrected chi connectivity index (χ4v) is 3.64. The molecule has 0 saturated carbocycles. The molecule has 2 N–H and O–H groups in total. The van der Waals surface area contributed by atoms with Crippen molar-refractivity contribution >= 4 is 12.1 Å². The molecule has 1 fully saturated rings. The standard InChI is InChI=1S/C15H18F4O2.C8H10N2O2/c1-4-20-13-9(3)12(16)6-5-10(13)11-7-21-14(8(11)2)15(17,18)19;11-4-3-7-1-2-8(5-9-7)10-6-12/h5-6,8,11,14H,4,7H2,1-3H3;1-2,5-6,11H,3-4H2,(H,10,12). The predicted octanol–water partition coefficient (Wildman–Crippen LogP) is 4.40. The minimum atomic E-state index is -4.39. The van der Waals surface area contributed by atoms with Gasteiger partial charge in [0.05, 0.1) is 25.1 Å². The van der Waals surface area contributed by atoms with E-state index in [0.29, 0.717) is 42.0 Å². The first-order chi connectivity index (χ1) is 15.6. The lowest BCUT2D eigenvalue weighted by Gasteiger charge is -2.23. The first-order valence-corrected chi connectivity index (χ1v) is 10.5. The molecule has 0 aliphatic carbocycles. The summed E-state index contributed by atoms with van der Waals surface area (Å²) in [4.78, 5) is 14.0. The number of benzene rings is 1. The molecule has 3 atom stereocenters. The number of rotatable bonds is 7. The highest BCUT2D eigenvalue weighted by atomic mass is 19.4. The van der Waals surface area contributed by atoms with Crippen LogP contribution in [0.5, 0.6) is 5.75 Å². The van der Waals surface area contributed by atoms with Gasteiger partial charge in [-0.05, 0) is 32.0 Å². The van der Waals surface area contributed by atoms with E-state index in [4.69, 9.17) is 14.6 Å². The Morgan fingerprint density at radius 1 is 1.30 bits per heavy atom. The SMILES string of the molecule is CCOc1c(C2COC(C(F)(F)F)C2C)ccc(F)c1C.O=CNc1ccc(CCO)nc1. The van der Waals surface area contributed by atoms with Gasteiger partial charge in [-0.15, -0.1) is 0 Å². The molecule has 2 heterocycles.